The maximum absolute atomic E-state index is 11.2. The summed E-state index contributed by atoms with van der Waals surface area (Å²) in [5.41, 5.74) is 6.03. The molecule has 0 amide bonds. The van der Waals surface area contributed by atoms with Gasteiger partial charge in [-0.05, 0) is 66.2 Å². The van der Waals surface area contributed by atoms with Gasteiger partial charge in [0.25, 0.3) is 5.69 Å². The van der Waals surface area contributed by atoms with E-state index in [0.717, 1.165) is 45.2 Å². The molecule has 10 heteroatoms. The lowest BCUT2D eigenvalue weighted by atomic mass is 10.1. The molecule has 0 bridgehead atoms. The Morgan fingerprint density at radius 3 is 2.14 bits per heavy atom. The number of thiazole rings is 1. The highest BCUT2D eigenvalue weighted by Gasteiger charge is 2.14. The van der Waals surface area contributed by atoms with E-state index in [2.05, 4.69) is 10.2 Å². The average molecular weight is 573 g/mol. The van der Waals surface area contributed by atoms with Crippen molar-refractivity contribution in [1.82, 2.24) is 14.3 Å². The molecule has 4 aromatic carbocycles. The third-order valence-electron chi connectivity index (χ3n) is 6.56. The van der Waals surface area contributed by atoms with Crippen molar-refractivity contribution < 1.29 is 9.66 Å². The second kappa shape index (κ2) is 11.9. The van der Waals surface area contributed by atoms with Gasteiger partial charge in [0.2, 0.25) is 4.80 Å². The Labute approximate surface area is 245 Å². The molecule has 9 nitrogen and oxygen atoms in total. The molecule has 2 heterocycles. The topological polar surface area (TPSA) is 99.8 Å². The van der Waals surface area contributed by atoms with Crippen LogP contribution in [0.4, 0.5) is 5.69 Å². The van der Waals surface area contributed by atoms with Gasteiger partial charge in [0.1, 0.15) is 11.4 Å². The van der Waals surface area contributed by atoms with Gasteiger partial charge in [0.05, 0.1) is 29.6 Å². The maximum atomic E-state index is 11.2. The Morgan fingerprint density at radius 1 is 0.857 bits per heavy atom. The fraction of sp³-hybridized carbons (Fsp3) is 0.0312. The van der Waals surface area contributed by atoms with Crippen LogP contribution in [0.25, 0.3) is 33.9 Å². The number of para-hydroxylation sites is 2. The molecule has 0 saturated heterocycles. The van der Waals surface area contributed by atoms with Crippen LogP contribution < -0.4 is 9.54 Å². The lowest BCUT2D eigenvalue weighted by Crippen LogP contribution is -2.13. The Morgan fingerprint density at radius 2 is 1.50 bits per heavy atom. The zero-order chi connectivity index (χ0) is 28.9. The van der Waals surface area contributed by atoms with Crippen LogP contribution in [0.3, 0.4) is 0 Å². The van der Waals surface area contributed by atoms with Crippen molar-refractivity contribution in [2.45, 2.75) is 0 Å². The van der Waals surface area contributed by atoms with E-state index in [1.807, 2.05) is 106 Å². The molecule has 0 fully saturated rings. The number of hydrogen-bond donors (Lipinski definition) is 0. The summed E-state index contributed by atoms with van der Waals surface area (Å²) in [7, 11) is 1.64. The number of benzene rings is 4. The Bertz CT molecular complexity index is 1920. The van der Waals surface area contributed by atoms with Crippen LogP contribution in [-0.2, 0) is 0 Å². The number of nitro groups is 1. The van der Waals surface area contributed by atoms with Crippen LogP contribution >= 0.6 is 11.3 Å². The van der Waals surface area contributed by atoms with Gasteiger partial charge in [-0.1, -0.05) is 36.4 Å². The molecule has 0 spiro atoms. The van der Waals surface area contributed by atoms with Crippen molar-refractivity contribution in [3.63, 3.8) is 0 Å². The van der Waals surface area contributed by atoms with Crippen LogP contribution in [-0.4, -0.2) is 32.6 Å². The van der Waals surface area contributed by atoms with E-state index >= 15 is 0 Å². The predicted octanol–water partition coefficient (Wildman–Crippen LogP) is 6.91. The van der Waals surface area contributed by atoms with E-state index in [9.17, 15) is 10.1 Å². The lowest BCUT2D eigenvalue weighted by molar-refractivity contribution is -0.384. The fourth-order valence-corrected chi connectivity index (χ4v) is 5.33. The molecular formula is C32H24N6O3S. The Balaban J connectivity index is 1.42. The number of hydrogen-bond acceptors (Lipinski definition) is 7. The molecule has 0 aliphatic carbocycles. The highest BCUT2D eigenvalue weighted by Crippen LogP contribution is 2.27. The standard InChI is InChI=1S/C32H24N6O3S/c1-41-29-18-14-24(15-19-29)31-25(21-36(35-31)26-8-4-2-5-9-26)20-33-34-32-37(27-10-6-3-7-11-27)30(22-42-32)23-12-16-28(17-13-23)38(39)40/h2-22H,1H3/b33-20-,34-32-. The van der Waals surface area contributed by atoms with Gasteiger partial charge in [0.15, 0.2) is 0 Å². The second-order valence-corrected chi connectivity index (χ2v) is 10.0. The molecule has 0 atom stereocenters. The van der Waals surface area contributed by atoms with Crippen molar-refractivity contribution >= 4 is 23.2 Å². The van der Waals surface area contributed by atoms with Crippen LogP contribution in [0.5, 0.6) is 5.75 Å². The van der Waals surface area contributed by atoms with Crippen molar-refractivity contribution in [3.8, 4) is 39.6 Å². The van der Waals surface area contributed by atoms with Gasteiger partial charge in [-0.3, -0.25) is 14.7 Å². The summed E-state index contributed by atoms with van der Waals surface area (Å²) >= 11 is 1.43. The van der Waals surface area contributed by atoms with E-state index in [4.69, 9.17) is 9.84 Å². The molecule has 42 heavy (non-hydrogen) atoms. The monoisotopic (exact) mass is 572 g/mol. The first kappa shape index (κ1) is 26.6. The molecule has 0 saturated carbocycles. The number of ether oxygens (including phenoxy) is 1. The molecule has 0 radical (unpaired) electrons. The molecule has 6 aromatic rings. The van der Waals surface area contributed by atoms with Crippen molar-refractivity contribution in [2.24, 2.45) is 10.2 Å². The van der Waals surface area contributed by atoms with Crippen LogP contribution in [0.2, 0.25) is 0 Å². The van der Waals surface area contributed by atoms with Crippen LogP contribution in [0, 0.1) is 10.1 Å². The second-order valence-electron chi connectivity index (χ2n) is 9.16. The van der Waals surface area contributed by atoms with Gasteiger partial charge in [0, 0.05) is 40.5 Å². The number of aromatic nitrogens is 3. The van der Waals surface area contributed by atoms with E-state index in [0.29, 0.717) is 4.80 Å². The lowest BCUT2D eigenvalue weighted by Gasteiger charge is -2.08. The molecule has 2 aromatic heterocycles. The van der Waals surface area contributed by atoms with E-state index in [1.165, 1.54) is 23.5 Å². The van der Waals surface area contributed by atoms with E-state index in [1.54, 1.807) is 25.5 Å². The number of nitrogens with zero attached hydrogens (tertiary/aromatic N) is 6. The number of methoxy groups -OCH3 is 1. The maximum Gasteiger partial charge on any atom is 0.269 e. The summed E-state index contributed by atoms with van der Waals surface area (Å²) in [4.78, 5) is 11.4. The van der Waals surface area contributed by atoms with Crippen LogP contribution in [0.1, 0.15) is 5.56 Å². The number of non-ortho nitro benzene ring substituents is 1. The zero-order valence-electron chi connectivity index (χ0n) is 22.4. The Kier molecular flexibility index (Phi) is 7.52. The average Bonchev–Trinajstić information content (AvgIpc) is 3.67. The zero-order valence-corrected chi connectivity index (χ0v) is 23.3. The van der Waals surface area contributed by atoms with E-state index < -0.39 is 4.92 Å². The van der Waals surface area contributed by atoms with Gasteiger partial charge >= 0.3 is 0 Å². The summed E-state index contributed by atoms with van der Waals surface area (Å²) < 4.78 is 9.13. The van der Waals surface area contributed by atoms with Crippen molar-refractivity contribution in [1.29, 1.82) is 0 Å². The minimum Gasteiger partial charge on any atom is -0.497 e. The quantitative estimate of drug-likeness (QED) is 0.112. The summed E-state index contributed by atoms with van der Waals surface area (Å²) in [5.74, 6) is 0.762. The highest BCUT2D eigenvalue weighted by atomic mass is 32.1. The van der Waals surface area contributed by atoms with Gasteiger partial charge in [-0.2, -0.15) is 10.2 Å². The van der Waals surface area contributed by atoms with Gasteiger partial charge < -0.3 is 4.74 Å². The SMILES string of the molecule is COc1ccc(-c2nn(-c3ccccc3)cc2/C=N\N=c2/scc(-c3ccc([N+](=O)[O-])cc3)n2-c2ccccc2)cc1. The first-order valence-corrected chi connectivity index (χ1v) is 13.9. The molecule has 6 rings (SSSR count). The normalized spacial score (nSPS) is 11.7. The smallest absolute Gasteiger partial charge is 0.269 e. The van der Waals surface area contributed by atoms with Crippen molar-refractivity contribution in [2.75, 3.05) is 7.11 Å². The third kappa shape index (κ3) is 5.51. The molecule has 0 aliphatic heterocycles. The van der Waals surface area contributed by atoms with E-state index in [-0.39, 0.29) is 5.69 Å². The summed E-state index contributed by atoms with van der Waals surface area (Å²) in [6.07, 6.45) is 3.63. The highest BCUT2D eigenvalue weighted by molar-refractivity contribution is 7.07. The summed E-state index contributed by atoms with van der Waals surface area (Å²) in [6, 6.07) is 33.9. The molecule has 206 valence electrons. The minimum atomic E-state index is -0.405. The van der Waals surface area contributed by atoms with Crippen molar-refractivity contribution in [3.05, 3.63) is 141 Å². The van der Waals surface area contributed by atoms with Crippen LogP contribution in [0.15, 0.2) is 131 Å². The first-order valence-electron chi connectivity index (χ1n) is 13.0. The third-order valence-corrected chi connectivity index (χ3v) is 7.38. The summed E-state index contributed by atoms with van der Waals surface area (Å²) in [5, 5.41) is 27.1. The molecule has 0 unspecified atom stereocenters. The molecule has 0 aliphatic rings. The number of rotatable bonds is 8. The Hall–Kier alpha value is -5.61. The minimum absolute atomic E-state index is 0.0402. The van der Waals surface area contributed by atoms with Gasteiger partial charge in [-0.25, -0.2) is 4.68 Å². The summed E-state index contributed by atoms with van der Waals surface area (Å²) in [6.45, 7) is 0. The number of nitro benzene ring substituents is 1. The van der Waals surface area contributed by atoms with Gasteiger partial charge in [-0.15, -0.1) is 16.4 Å². The molecular weight excluding hydrogens is 548 g/mol. The molecule has 0 N–H and O–H groups in total. The predicted molar refractivity (Wildman–Crippen MR) is 164 cm³/mol. The largest absolute Gasteiger partial charge is 0.497 e. The first-order chi connectivity index (χ1) is 20.6. The fourth-order valence-electron chi connectivity index (χ4n) is 4.47.